The van der Waals surface area contributed by atoms with E-state index < -0.39 is 19.2 Å². The fraction of sp³-hybridized carbons (Fsp3) is 0.188. The monoisotopic (exact) mass is 316 g/mol. The van der Waals surface area contributed by atoms with Crippen LogP contribution in [0, 0.1) is 6.92 Å². The van der Waals surface area contributed by atoms with Crippen LogP contribution in [0.5, 0.6) is 11.5 Å². The zero-order valence-corrected chi connectivity index (χ0v) is 12.4. The molecule has 0 radical (unpaired) electrons. The predicted molar refractivity (Wildman–Crippen MR) is 80.9 cm³/mol. The van der Waals surface area contributed by atoms with Crippen molar-refractivity contribution >= 4 is 18.6 Å². The maximum Gasteiger partial charge on any atom is 0.492 e. The number of ether oxygens (including phenoxy) is 1. The number of halogens is 1. The first-order valence-corrected chi connectivity index (χ1v) is 7.10. The van der Waals surface area contributed by atoms with Crippen LogP contribution in [0.2, 0.25) is 0 Å². The standard InChI is InChI=1S/C16H14BFO5/c1-10-7-12(21-11-5-3-2-4-6-11)8-13-16(10)14(22-17(13)20)9-15(19)23-18/h2-8,14,20H,9H2,1H3. The highest BCUT2D eigenvalue weighted by atomic mass is 19.3. The molecule has 0 fully saturated rings. The molecular formula is C16H14BFO5. The Labute approximate surface area is 132 Å². The second-order valence-corrected chi connectivity index (χ2v) is 5.29. The van der Waals surface area contributed by atoms with Gasteiger partial charge in [-0.2, -0.15) is 0 Å². The molecule has 3 rings (SSSR count). The molecule has 1 aliphatic heterocycles. The number of rotatable bonds is 4. The van der Waals surface area contributed by atoms with E-state index in [0.29, 0.717) is 22.5 Å². The summed E-state index contributed by atoms with van der Waals surface area (Å²) in [7, 11) is -1.19. The Kier molecular flexibility index (Phi) is 4.32. The minimum atomic E-state index is -1.19. The van der Waals surface area contributed by atoms with Crippen molar-refractivity contribution < 1.29 is 28.7 Å². The topological polar surface area (TPSA) is 65.0 Å². The smallest absolute Gasteiger partial charge is 0.457 e. The van der Waals surface area contributed by atoms with Crippen LogP contribution in [-0.4, -0.2) is 18.1 Å². The third-order valence-electron chi connectivity index (χ3n) is 3.69. The fourth-order valence-corrected chi connectivity index (χ4v) is 2.75. The first-order chi connectivity index (χ1) is 11.1. The van der Waals surface area contributed by atoms with Gasteiger partial charge in [0.2, 0.25) is 0 Å². The predicted octanol–water partition coefficient (Wildman–Crippen LogP) is 2.36. The summed E-state index contributed by atoms with van der Waals surface area (Å²) in [6.07, 6.45) is -1.05. The lowest BCUT2D eigenvalue weighted by atomic mass is 9.77. The van der Waals surface area contributed by atoms with Gasteiger partial charge in [0.05, 0.1) is 12.5 Å². The van der Waals surface area contributed by atoms with E-state index >= 15 is 0 Å². The summed E-state index contributed by atoms with van der Waals surface area (Å²) in [5.74, 6) is 0.167. The van der Waals surface area contributed by atoms with Crippen LogP contribution < -0.4 is 10.2 Å². The average molecular weight is 316 g/mol. The quantitative estimate of drug-likeness (QED) is 0.877. The van der Waals surface area contributed by atoms with E-state index in [1.165, 1.54) is 0 Å². The number of hydrogen-bond acceptors (Lipinski definition) is 5. The van der Waals surface area contributed by atoms with Gasteiger partial charge in [0.25, 0.3) is 0 Å². The minimum absolute atomic E-state index is 0.305. The Morgan fingerprint density at radius 3 is 2.74 bits per heavy atom. The number of para-hydroxylation sites is 1. The van der Waals surface area contributed by atoms with Crippen molar-refractivity contribution in [1.29, 1.82) is 0 Å². The van der Waals surface area contributed by atoms with Gasteiger partial charge >= 0.3 is 13.1 Å². The van der Waals surface area contributed by atoms with Crippen LogP contribution in [0.1, 0.15) is 23.7 Å². The summed E-state index contributed by atoms with van der Waals surface area (Å²) in [6, 6.07) is 12.7. The molecule has 0 amide bonds. The molecule has 23 heavy (non-hydrogen) atoms. The van der Waals surface area contributed by atoms with E-state index in [1.807, 2.05) is 37.3 Å². The molecule has 0 aliphatic carbocycles. The highest BCUT2D eigenvalue weighted by Crippen LogP contribution is 2.33. The Bertz CT molecular complexity index is 722. The summed E-state index contributed by atoms with van der Waals surface area (Å²) >= 11 is 0. The van der Waals surface area contributed by atoms with E-state index in [4.69, 9.17) is 9.39 Å². The van der Waals surface area contributed by atoms with E-state index in [9.17, 15) is 14.3 Å². The second kappa shape index (κ2) is 6.40. The van der Waals surface area contributed by atoms with Gasteiger partial charge in [0.1, 0.15) is 11.5 Å². The van der Waals surface area contributed by atoms with Crippen LogP contribution in [0.15, 0.2) is 42.5 Å². The summed E-state index contributed by atoms with van der Waals surface area (Å²) in [6.45, 7) is 1.81. The number of benzene rings is 2. The van der Waals surface area contributed by atoms with Gasteiger partial charge in [-0.25, -0.2) is 4.79 Å². The van der Waals surface area contributed by atoms with Gasteiger partial charge in [-0.3, -0.25) is 4.94 Å². The first kappa shape index (κ1) is 15.5. The molecule has 1 heterocycles. The summed E-state index contributed by atoms with van der Waals surface area (Å²) in [5, 5.41) is 10.0. The Morgan fingerprint density at radius 2 is 2.04 bits per heavy atom. The molecular weight excluding hydrogens is 302 g/mol. The van der Waals surface area contributed by atoms with Crippen molar-refractivity contribution in [3.8, 4) is 11.5 Å². The van der Waals surface area contributed by atoms with E-state index in [1.54, 1.807) is 12.1 Å². The lowest BCUT2D eigenvalue weighted by Crippen LogP contribution is -2.28. The zero-order chi connectivity index (χ0) is 16.4. The van der Waals surface area contributed by atoms with Crippen LogP contribution in [-0.2, 0) is 14.4 Å². The number of carbonyl (C=O) groups is 1. The van der Waals surface area contributed by atoms with Gasteiger partial charge < -0.3 is 14.4 Å². The van der Waals surface area contributed by atoms with Gasteiger partial charge in [-0.15, -0.1) is 0 Å². The van der Waals surface area contributed by atoms with Gasteiger partial charge in [-0.05, 0) is 47.8 Å². The molecule has 1 N–H and O–H groups in total. The van der Waals surface area contributed by atoms with Crippen molar-refractivity contribution in [2.75, 3.05) is 0 Å². The SMILES string of the molecule is Cc1cc(Oc2ccccc2)cc2c1C(CC(=O)OF)OB2O. The highest BCUT2D eigenvalue weighted by Gasteiger charge is 2.38. The fourth-order valence-electron chi connectivity index (χ4n) is 2.75. The van der Waals surface area contributed by atoms with Crippen LogP contribution in [0.3, 0.4) is 0 Å². The Hall–Kier alpha value is -2.38. The van der Waals surface area contributed by atoms with Crippen molar-refractivity contribution in [2.45, 2.75) is 19.4 Å². The summed E-state index contributed by atoms with van der Waals surface area (Å²) in [4.78, 5) is 14.3. The maximum absolute atomic E-state index is 11.9. The third kappa shape index (κ3) is 3.20. The third-order valence-corrected chi connectivity index (χ3v) is 3.69. The average Bonchev–Trinajstić information content (AvgIpc) is 2.84. The van der Waals surface area contributed by atoms with E-state index in [2.05, 4.69) is 4.94 Å². The molecule has 1 unspecified atom stereocenters. The molecule has 0 saturated heterocycles. The molecule has 0 bridgehead atoms. The molecule has 0 saturated carbocycles. The second-order valence-electron chi connectivity index (χ2n) is 5.29. The van der Waals surface area contributed by atoms with Gasteiger partial charge in [0, 0.05) is 4.53 Å². The lowest BCUT2D eigenvalue weighted by Gasteiger charge is -2.13. The minimum Gasteiger partial charge on any atom is -0.457 e. The van der Waals surface area contributed by atoms with Crippen LogP contribution in [0.25, 0.3) is 0 Å². The lowest BCUT2D eigenvalue weighted by molar-refractivity contribution is -0.185. The van der Waals surface area contributed by atoms with Crippen LogP contribution in [0.4, 0.5) is 4.53 Å². The molecule has 2 aromatic rings. The van der Waals surface area contributed by atoms with E-state index in [-0.39, 0.29) is 6.42 Å². The summed E-state index contributed by atoms with van der Waals surface area (Å²) < 4.78 is 23.0. The van der Waals surface area contributed by atoms with Crippen molar-refractivity contribution in [1.82, 2.24) is 0 Å². The number of fused-ring (bicyclic) bond motifs is 1. The number of carbonyl (C=O) groups excluding carboxylic acids is 1. The molecule has 1 atom stereocenters. The van der Waals surface area contributed by atoms with E-state index in [0.717, 1.165) is 5.56 Å². The molecule has 2 aromatic carbocycles. The molecule has 0 aromatic heterocycles. The first-order valence-electron chi connectivity index (χ1n) is 7.10. The highest BCUT2D eigenvalue weighted by molar-refractivity contribution is 6.62. The molecule has 0 spiro atoms. The van der Waals surface area contributed by atoms with Gasteiger partial charge in [0.15, 0.2) is 0 Å². The molecule has 7 heteroatoms. The number of aryl methyl sites for hydroxylation is 1. The molecule has 1 aliphatic rings. The Morgan fingerprint density at radius 1 is 1.30 bits per heavy atom. The van der Waals surface area contributed by atoms with Gasteiger partial charge in [-0.1, -0.05) is 18.2 Å². The van der Waals surface area contributed by atoms with Crippen molar-refractivity contribution in [3.05, 3.63) is 53.6 Å². The van der Waals surface area contributed by atoms with Crippen molar-refractivity contribution in [2.24, 2.45) is 0 Å². The molecule has 5 nitrogen and oxygen atoms in total. The largest absolute Gasteiger partial charge is 0.492 e. The van der Waals surface area contributed by atoms with Crippen molar-refractivity contribution in [3.63, 3.8) is 0 Å². The normalized spacial score (nSPS) is 16.1. The maximum atomic E-state index is 11.9. The summed E-state index contributed by atoms with van der Waals surface area (Å²) in [5.41, 5.74) is 1.94. The number of hydrogen-bond donors (Lipinski definition) is 1. The Balaban J connectivity index is 1.90. The zero-order valence-electron chi connectivity index (χ0n) is 12.4. The van der Waals surface area contributed by atoms with Crippen LogP contribution >= 0.6 is 0 Å². The molecule has 118 valence electrons.